The van der Waals surface area contributed by atoms with E-state index in [1.165, 1.54) is 12.0 Å². The molecule has 1 N–H and O–H groups in total. The highest BCUT2D eigenvalue weighted by atomic mass is 16.5. The number of ether oxygens (including phenoxy) is 2. The second-order valence-corrected chi connectivity index (χ2v) is 8.03. The number of nitrogens with zero attached hydrogens (tertiary/aromatic N) is 1. The number of aliphatic hydroxyl groups excluding tert-OH is 1. The van der Waals surface area contributed by atoms with Gasteiger partial charge < -0.3 is 14.6 Å². The molecule has 6 nitrogen and oxygen atoms in total. The largest absolute Gasteiger partial charge is 0.507 e. The van der Waals surface area contributed by atoms with Crippen LogP contribution in [0.3, 0.4) is 0 Å². The summed E-state index contributed by atoms with van der Waals surface area (Å²) in [6, 6.07) is 20.8. The summed E-state index contributed by atoms with van der Waals surface area (Å²) in [6.07, 6.45) is 1.72. The topological polar surface area (TPSA) is 76.1 Å². The second kappa shape index (κ2) is 8.47. The number of Topliss-reactive ketones (excluding diaryl/α,β-unsaturated/α-hetero) is 1. The fourth-order valence-electron chi connectivity index (χ4n) is 4.52. The lowest BCUT2D eigenvalue weighted by Crippen LogP contribution is -2.29. The highest BCUT2D eigenvalue weighted by Gasteiger charge is 2.47. The molecule has 0 aliphatic carbocycles. The van der Waals surface area contributed by atoms with E-state index >= 15 is 0 Å². The van der Waals surface area contributed by atoms with Crippen LogP contribution in [0.5, 0.6) is 11.5 Å². The maximum absolute atomic E-state index is 13.3. The number of para-hydroxylation sites is 2. The van der Waals surface area contributed by atoms with Crippen LogP contribution >= 0.6 is 0 Å². The lowest BCUT2D eigenvalue weighted by atomic mass is 9.94. The van der Waals surface area contributed by atoms with Crippen LogP contribution in [0.4, 0.5) is 5.69 Å². The van der Waals surface area contributed by atoms with E-state index in [0.29, 0.717) is 29.2 Å². The molecule has 2 aliphatic heterocycles. The zero-order chi connectivity index (χ0) is 22.9. The molecule has 0 aromatic heterocycles. The summed E-state index contributed by atoms with van der Waals surface area (Å²) in [6.45, 7) is 0.663. The quantitative estimate of drug-likeness (QED) is 0.362. The highest BCUT2D eigenvalue weighted by molar-refractivity contribution is 6.51. The van der Waals surface area contributed by atoms with Gasteiger partial charge in [0, 0.05) is 5.56 Å². The standard InChI is InChI=1S/C27H23NO5/c1-32-22-12-6-5-11-20(22)28-24(17-8-3-2-4-9-17)23(26(30)27(28)31)25(29)19-13-14-21-18(16-19)10-7-15-33-21/h2-6,8-9,11-14,16,24,29H,7,10,15H2,1H3/b25-23-. The van der Waals surface area contributed by atoms with Crippen molar-refractivity contribution in [2.24, 2.45) is 0 Å². The summed E-state index contributed by atoms with van der Waals surface area (Å²) in [5, 5.41) is 11.3. The number of carbonyl (C=O) groups excluding carboxylic acids is 2. The molecule has 3 aromatic carbocycles. The number of methoxy groups -OCH3 is 1. The Hall–Kier alpha value is -4.06. The van der Waals surface area contributed by atoms with Crippen LogP contribution in [0.2, 0.25) is 0 Å². The number of carbonyl (C=O) groups is 2. The molecular formula is C27H23NO5. The number of anilines is 1. The fraction of sp³-hybridized carbons (Fsp3) is 0.185. The van der Waals surface area contributed by atoms with E-state index in [2.05, 4.69) is 0 Å². The maximum atomic E-state index is 13.3. The lowest BCUT2D eigenvalue weighted by Gasteiger charge is -2.26. The lowest BCUT2D eigenvalue weighted by molar-refractivity contribution is -0.132. The first-order valence-corrected chi connectivity index (χ1v) is 10.8. The van der Waals surface area contributed by atoms with Crippen molar-refractivity contribution in [3.8, 4) is 11.5 Å². The van der Waals surface area contributed by atoms with Crippen LogP contribution in [0.1, 0.15) is 29.2 Å². The molecule has 0 bridgehead atoms. The predicted octanol–water partition coefficient (Wildman–Crippen LogP) is 4.65. The molecule has 1 fully saturated rings. The fourth-order valence-corrected chi connectivity index (χ4v) is 4.52. The first kappa shape index (κ1) is 20.8. The van der Waals surface area contributed by atoms with Gasteiger partial charge in [-0.05, 0) is 54.3 Å². The highest BCUT2D eigenvalue weighted by Crippen LogP contribution is 2.45. The van der Waals surface area contributed by atoms with Crippen molar-refractivity contribution in [2.75, 3.05) is 18.6 Å². The molecule has 0 saturated carbocycles. The van der Waals surface area contributed by atoms with E-state index in [-0.39, 0.29) is 11.3 Å². The van der Waals surface area contributed by atoms with Crippen molar-refractivity contribution in [1.29, 1.82) is 0 Å². The van der Waals surface area contributed by atoms with Crippen LogP contribution < -0.4 is 14.4 Å². The number of rotatable bonds is 4. The smallest absolute Gasteiger partial charge is 0.300 e. The Balaban J connectivity index is 1.70. The Morgan fingerprint density at radius 2 is 1.79 bits per heavy atom. The van der Waals surface area contributed by atoms with E-state index in [9.17, 15) is 14.7 Å². The Labute approximate surface area is 191 Å². The Bertz CT molecular complexity index is 1260. The molecule has 6 heteroatoms. The summed E-state index contributed by atoms with van der Waals surface area (Å²) in [5.41, 5.74) is 2.69. The van der Waals surface area contributed by atoms with Crippen LogP contribution in [-0.4, -0.2) is 30.5 Å². The van der Waals surface area contributed by atoms with Crippen LogP contribution in [0.25, 0.3) is 5.76 Å². The van der Waals surface area contributed by atoms with E-state index in [1.54, 1.807) is 36.4 Å². The third-order valence-electron chi connectivity index (χ3n) is 6.09. The first-order chi connectivity index (χ1) is 16.1. The van der Waals surface area contributed by atoms with Crippen molar-refractivity contribution in [3.63, 3.8) is 0 Å². The van der Waals surface area contributed by atoms with Crippen LogP contribution in [-0.2, 0) is 16.0 Å². The van der Waals surface area contributed by atoms with Gasteiger partial charge in [0.1, 0.15) is 17.3 Å². The number of hydrogen-bond donors (Lipinski definition) is 1. The van der Waals surface area contributed by atoms with Crippen molar-refractivity contribution in [3.05, 3.63) is 95.1 Å². The van der Waals surface area contributed by atoms with Gasteiger partial charge in [-0.15, -0.1) is 0 Å². The molecule has 1 atom stereocenters. The Kier molecular flexibility index (Phi) is 5.34. The number of amides is 1. The summed E-state index contributed by atoms with van der Waals surface area (Å²) in [5.74, 6) is -0.400. The van der Waals surface area contributed by atoms with Gasteiger partial charge in [0.15, 0.2) is 0 Å². The van der Waals surface area contributed by atoms with E-state index < -0.39 is 17.7 Å². The van der Waals surface area contributed by atoms with E-state index in [0.717, 1.165) is 24.2 Å². The van der Waals surface area contributed by atoms with Gasteiger partial charge in [0.25, 0.3) is 11.7 Å². The molecule has 1 amide bonds. The number of fused-ring (bicyclic) bond motifs is 1. The Morgan fingerprint density at radius 1 is 1.03 bits per heavy atom. The van der Waals surface area contributed by atoms with Gasteiger partial charge in [0.05, 0.1) is 31.0 Å². The minimum atomic E-state index is -0.796. The molecule has 0 spiro atoms. The summed E-state index contributed by atoms with van der Waals surface area (Å²) < 4.78 is 11.1. The van der Waals surface area contributed by atoms with Crippen LogP contribution in [0, 0.1) is 0 Å². The van der Waals surface area contributed by atoms with Gasteiger partial charge in [0.2, 0.25) is 0 Å². The molecule has 166 valence electrons. The molecule has 3 aromatic rings. The van der Waals surface area contributed by atoms with Gasteiger partial charge in [-0.2, -0.15) is 0 Å². The van der Waals surface area contributed by atoms with Gasteiger partial charge >= 0.3 is 0 Å². The SMILES string of the molecule is COc1ccccc1N1C(=O)C(=O)/C(=C(\O)c2ccc3c(c2)CCCO3)C1c1ccccc1. The summed E-state index contributed by atoms with van der Waals surface area (Å²) >= 11 is 0. The van der Waals surface area contributed by atoms with Gasteiger partial charge in [-0.3, -0.25) is 14.5 Å². The van der Waals surface area contributed by atoms with Crippen molar-refractivity contribution in [2.45, 2.75) is 18.9 Å². The number of aliphatic hydroxyl groups is 1. The monoisotopic (exact) mass is 441 g/mol. The molecule has 5 rings (SSSR count). The third-order valence-corrected chi connectivity index (χ3v) is 6.09. The van der Waals surface area contributed by atoms with E-state index in [1.807, 2.05) is 36.4 Å². The molecule has 33 heavy (non-hydrogen) atoms. The van der Waals surface area contributed by atoms with E-state index in [4.69, 9.17) is 9.47 Å². The third kappa shape index (κ3) is 3.53. The minimum absolute atomic E-state index is 0.0498. The number of hydrogen-bond acceptors (Lipinski definition) is 5. The van der Waals surface area contributed by atoms with Crippen LogP contribution in [0.15, 0.2) is 78.4 Å². The maximum Gasteiger partial charge on any atom is 0.300 e. The number of aryl methyl sites for hydroxylation is 1. The average Bonchev–Trinajstić information content (AvgIpc) is 3.13. The zero-order valence-corrected chi connectivity index (χ0v) is 18.2. The minimum Gasteiger partial charge on any atom is -0.507 e. The van der Waals surface area contributed by atoms with Crippen molar-refractivity contribution < 1.29 is 24.2 Å². The molecule has 1 saturated heterocycles. The summed E-state index contributed by atoms with van der Waals surface area (Å²) in [7, 11) is 1.52. The van der Waals surface area contributed by atoms with Crippen molar-refractivity contribution in [1.82, 2.24) is 0 Å². The first-order valence-electron chi connectivity index (χ1n) is 10.8. The van der Waals surface area contributed by atoms with Gasteiger partial charge in [-0.25, -0.2) is 0 Å². The molecule has 1 unspecified atom stereocenters. The second-order valence-electron chi connectivity index (χ2n) is 8.03. The normalized spacial score (nSPS) is 19.2. The number of benzene rings is 3. The molecular weight excluding hydrogens is 418 g/mol. The van der Waals surface area contributed by atoms with Crippen molar-refractivity contribution >= 4 is 23.1 Å². The average molecular weight is 441 g/mol. The summed E-state index contributed by atoms with van der Waals surface area (Å²) in [4.78, 5) is 28.0. The predicted molar refractivity (Wildman–Crippen MR) is 124 cm³/mol. The molecule has 0 radical (unpaired) electrons. The molecule has 2 aliphatic rings. The number of ketones is 1. The Morgan fingerprint density at radius 3 is 2.58 bits per heavy atom. The van der Waals surface area contributed by atoms with Gasteiger partial charge in [-0.1, -0.05) is 42.5 Å². The zero-order valence-electron chi connectivity index (χ0n) is 18.2. The molecule has 2 heterocycles.